The second-order valence-corrected chi connectivity index (χ2v) is 9.81. The zero-order chi connectivity index (χ0) is 24.7. The average molecular weight is 483 g/mol. The van der Waals surface area contributed by atoms with Crippen molar-refractivity contribution in [2.24, 2.45) is 0 Å². The molecule has 0 aliphatic rings. The highest BCUT2D eigenvalue weighted by molar-refractivity contribution is 7.99. The van der Waals surface area contributed by atoms with E-state index in [1.54, 1.807) is 20.8 Å². The number of thioether (sulfide) groups is 1. The molecule has 0 aliphatic heterocycles. The van der Waals surface area contributed by atoms with Crippen molar-refractivity contribution in [1.82, 2.24) is 15.5 Å². The second kappa shape index (κ2) is 11.2. The molecule has 0 saturated heterocycles. The standard InChI is InChI=1S/C25H30N4O4S/c1-16-10-9-13-19(17(16)2)26-21(30)15-34-24-29-28-22(32-24)20(14-18-11-7-6-8-12-18)27-23(31)33-25(3,4)5/h6-13,20H,14-15H2,1-5H3,(H,26,30)(H,27,31). The van der Waals surface area contributed by atoms with Gasteiger partial charge in [0.05, 0.1) is 5.75 Å². The van der Waals surface area contributed by atoms with Crippen LogP contribution < -0.4 is 10.6 Å². The molecular formula is C25H30N4O4S. The number of carbonyl (C=O) groups excluding carboxylic acids is 2. The second-order valence-electron chi connectivity index (χ2n) is 8.88. The van der Waals surface area contributed by atoms with Gasteiger partial charge in [0, 0.05) is 12.1 Å². The van der Waals surface area contributed by atoms with Crippen LogP contribution in [0.3, 0.4) is 0 Å². The molecule has 1 heterocycles. The molecule has 0 fully saturated rings. The lowest BCUT2D eigenvalue weighted by Gasteiger charge is -2.22. The van der Waals surface area contributed by atoms with Crippen molar-refractivity contribution in [3.8, 4) is 0 Å². The van der Waals surface area contributed by atoms with Crippen molar-refractivity contribution in [3.63, 3.8) is 0 Å². The fourth-order valence-corrected chi connectivity index (χ4v) is 3.69. The average Bonchev–Trinajstić information content (AvgIpc) is 3.24. The van der Waals surface area contributed by atoms with Crippen LogP contribution in [0, 0.1) is 13.8 Å². The third-order valence-electron chi connectivity index (χ3n) is 4.90. The first-order valence-electron chi connectivity index (χ1n) is 11.0. The molecule has 3 rings (SSSR count). The molecule has 1 unspecified atom stereocenters. The topological polar surface area (TPSA) is 106 Å². The number of amides is 2. The first-order valence-corrected chi connectivity index (χ1v) is 11.9. The number of rotatable bonds is 8. The van der Waals surface area contributed by atoms with E-state index in [0.717, 1.165) is 34.1 Å². The Hall–Kier alpha value is -3.33. The predicted molar refractivity (Wildman–Crippen MR) is 132 cm³/mol. The number of nitrogens with zero attached hydrogens (tertiary/aromatic N) is 2. The van der Waals surface area contributed by atoms with Gasteiger partial charge >= 0.3 is 6.09 Å². The molecular weight excluding hydrogens is 452 g/mol. The van der Waals surface area contributed by atoms with Crippen molar-refractivity contribution in [2.45, 2.75) is 57.9 Å². The quantitative estimate of drug-likeness (QED) is 0.424. The SMILES string of the molecule is Cc1cccc(NC(=O)CSc2nnc(C(Cc3ccccc3)NC(=O)OC(C)(C)C)o2)c1C. The Labute approximate surface area is 203 Å². The number of aryl methyl sites for hydroxylation is 1. The summed E-state index contributed by atoms with van der Waals surface area (Å²) in [5.74, 6) is 0.177. The Morgan fingerprint density at radius 3 is 2.50 bits per heavy atom. The van der Waals surface area contributed by atoms with E-state index in [9.17, 15) is 9.59 Å². The molecule has 2 amide bonds. The van der Waals surface area contributed by atoms with Gasteiger partial charge in [0.15, 0.2) is 0 Å². The molecule has 0 bridgehead atoms. The van der Waals surface area contributed by atoms with E-state index in [1.807, 2.05) is 62.4 Å². The van der Waals surface area contributed by atoms with Gasteiger partial charge in [-0.25, -0.2) is 4.79 Å². The summed E-state index contributed by atoms with van der Waals surface area (Å²) < 4.78 is 11.2. The summed E-state index contributed by atoms with van der Waals surface area (Å²) in [5.41, 5.74) is 3.26. The van der Waals surface area contributed by atoms with E-state index < -0.39 is 17.7 Å². The van der Waals surface area contributed by atoms with E-state index in [-0.39, 0.29) is 22.8 Å². The predicted octanol–water partition coefficient (Wildman–Crippen LogP) is 5.23. The number of nitrogens with one attached hydrogen (secondary N) is 2. The highest BCUT2D eigenvalue weighted by Crippen LogP contribution is 2.24. The molecule has 0 saturated carbocycles. The van der Waals surface area contributed by atoms with Crippen LogP contribution in [-0.4, -0.2) is 33.6 Å². The highest BCUT2D eigenvalue weighted by Gasteiger charge is 2.25. The third kappa shape index (κ3) is 7.62. The van der Waals surface area contributed by atoms with Crippen molar-refractivity contribution >= 4 is 29.4 Å². The van der Waals surface area contributed by atoms with Gasteiger partial charge in [0.1, 0.15) is 11.6 Å². The Balaban J connectivity index is 1.65. The summed E-state index contributed by atoms with van der Waals surface area (Å²) in [7, 11) is 0. The van der Waals surface area contributed by atoms with Gasteiger partial charge in [0.2, 0.25) is 11.8 Å². The van der Waals surface area contributed by atoms with Gasteiger partial charge in [-0.3, -0.25) is 4.79 Å². The maximum Gasteiger partial charge on any atom is 0.408 e. The minimum Gasteiger partial charge on any atom is -0.444 e. The van der Waals surface area contributed by atoms with Crippen LogP contribution in [0.2, 0.25) is 0 Å². The smallest absolute Gasteiger partial charge is 0.408 e. The van der Waals surface area contributed by atoms with Crippen LogP contribution in [0.25, 0.3) is 0 Å². The summed E-state index contributed by atoms with van der Waals surface area (Å²) in [6.45, 7) is 9.35. The number of carbonyl (C=O) groups is 2. The fourth-order valence-electron chi connectivity index (χ4n) is 3.12. The molecule has 0 spiro atoms. The molecule has 2 N–H and O–H groups in total. The van der Waals surface area contributed by atoms with Gasteiger partial charge in [0.25, 0.3) is 5.22 Å². The number of benzene rings is 2. The summed E-state index contributed by atoms with van der Waals surface area (Å²) >= 11 is 1.13. The molecule has 0 aliphatic carbocycles. The maximum atomic E-state index is 12.4. The largest absolute Gasteiger partial charge is 0.444 e. The minimum absolute atomic E-state index is 0.109. The number of ether oxygens (including phenoxy) is 1. The molecule has 3 aromatic rings. The van der Waals surface area contributed by atoms with Crippen LogP contribution in [0.15, 0.2) is 58.2 Å². The van der Waals surface area contributed by atoms with E-state index in [2.05, 4.69) is 20.8 Å². The first-order chi connectivity index (χ1) is 16.1. The molecule has 1 aromatic heterocycles. The highest BCUT2D eigenvalue weighted by atomic mass is 32.2. The van der Waals surface area contributed by atoms with Gasteiger partial charge in [-0.2, -0.15) is 0 Å². The first kappa shape index (κ1) is 25.3. The van der Waals surface area contributed by atoms with Crippen LogP contribution in [0.5, 0.6) is 0 Å². The van der Waals surface area contributed by atoms with Gasteiger partial charge < -0.3 is 19.8 Å². The molecule has 0 radical (unpaired) electrons. The maximum absolute atomic E-state index is 12.4. The molecule has 34 heavy (non-hydrogen) atoms. The Morgan fingerprint density at radius 2 is 1.79 bits per heavy atom. The van der Waals surface area contributed by atoms with Gasteiger partial charge in [-0.1, -0.05) is 54.2 Å². The van der Waals surface area contributed by atoms with E-state index in [0.29, 0.717) is 6.42 Å². The Morgan fingerprint density at radius 1 is 1.06 bits per heavy atom. The number of hydrogen-bond acceptors (Lipinski definition) is 7. The lowest BCUT2D eigenvalue weighted by atomic mass is 10.1. The minimum atomic E-state index is -0.639. The summed E-state index contributed by atoms with van der Waals surface area (Å²) in [6.07, 6.45) is -0.131. The lowest BCUT2D eigenvalue weighted by molar-refractivity contribution is -0.113. The molecule has 2 aromatic carbocycles. The van der Waals surface area contributed by atoms with E-state index in [1.165, 1.54) is 0 Å². The summed E-state index contributed by atoms with van der Waals surface area (Å²) in [4.78, 5) is 24.8. The van der Waals surface area contributed by atoms with Crippen LogP contribution >= 0.6 is 11.8 Å². The normalized spacial score (nSPS) is 12.1. The van der Waals surface area contributed by atoms with E-state index in [4.69, 9.17) is 9.15 Å². The summed E-state index contributed by atoms with van der Waals surface area (Å²) in [5, 5.41) is 14.1. The number of alkyl carbamates (subject to hydrolysis) is 1. The molecule has 9 heteroatoms. The zero-order valence-corrected chi connectivity index (χ0v) is 20.9. The van der Waals surface area contributed by atoms with Crippen LogP contribution in [-0.2, 0) is 16.0 Å². The number of hydrogen-bond donors (Lipinski definition) is 2. The molecule has 8 nitrogen and oxygen atoms in total. The number of aromatic nitrogens is 2. The van der Waals surface area contributed by atoms with Gasteiger partial charge in [-0.15, -0.1) is 10.2 Å². The van der Waals surface area contributed by atoms with E-state index >= 15 is 0 Å². The third-order valence-corrected chi connectivity index (χ3v) is 5.72. The van der Waals surface area contributed by atoms with Crippen LogP contribution in [0.4, 0.5) is 10.5 Å². The van der Waals surface area contributed by atoms with Crippen LogP contribution in [0.1, 0.15) is 49.4 Å². The molecule has 1 atom stereocenters. The van der Waals surface area contributed by atoms with Crippen molar-refractivity contribution < 1.29 is 18.7 Å². The van der Waals surface area contributed by atoms with Crippen molar-refractivity contribution in [3.05, 3.63) is 71.1 Å². The monoisotopic (exact) mass is 482 g/mol. The van der Waals surface area contributed by atoms with Gasteiger partial charge in [-0.05, 0) is 57.4 Å². The van der Waals surface area contributed by atoms with Crippen molar-refractivity contribution in [1.29, 1.82) is 0 Å². The van der Waals surface area contributed by atoms with Crippen molar-refractivity contribution in [2.75, 3.05) is 11.1 Å². The Kier molecular flexibility index (Phi) is 8.33. The zero-order valence-electron chi connectivity index (χ0n) is 20.0. The lowest BCUT2D eigenvalue weighted by Crippen LogP contribution is -2.36. The number of anilines is 1. The summed E-state index contributed by atoms with van der Waals surface area (Å²) in [6, 6.07) is 14.9. The Bertz CT molecular complexity index is 1130. The molecule has 180 valence electrons. The fraction of sp³-hybridized carbons (Fsp3) is 0.360.